The molecule has 5 heteroatoms. The molecule has 0 aliphatic rings. The lowest BCUT2D eigenvalue weighted by atomic mass is 10.1. The molecule has 17 heavy (non-hydrogen) atoms. The Morgan fingerprint density at radius 2 is 2.18 bits per heavy atom. The lowest BCUT2D eigenvalue weighted by molar-refractivity contribution is 0.0672. The van der Waals surface area contributed by atoms with Crippen molar-refractivity contribution in [3.63, 3.8) is 0 Å². The molecular formula is C12H20ClN3O. The summed E-state index contributed by atoms with van der Waals surface area (Å²) in [6.07, 6.45) is 5.12. The second kappa shape index (κ2) is 6.64. The average Bonchev–Trinajstić information content (AvgIpc) is 2.75. The maximum atomic E-state index is 12.4. The highest BCUT2D eigenvalue weighted by atomic mass is 35.5. The van der Waals surface area contributed by atoms with Gasteiger partial charge in [0.25, 0.3) is 5.91 Å². The summed E-state index contributed by atoms with van der Waals surface area (Å²) in [7, 11) is 1.83. The lowest BCUT2D eigenvalue weighted by Gasteiger charge is -2.29. The van der Waals surface area contributed by atoms with Gasteiger partial charge in [-0.25, -0.2) is 4.98 Å². The summed E-state index contributed by atoms with van der Waals surface area (Å²) in [6, 6.07) is 0.246. The third-order valence-corrected chi connectivity index (χ3v) is 3.17. The van der Waals surface area contributed by atoms with Crippen LogP contribution in [0.2, 0.25) is 0 Å². The van der Waals surface area contributed by atoms with E-state index in [4.69, 9.17) is 11.6 Å². The number of aromatic nitrogens is 2. The molecule has 1 aromatic heterocycles. The van der Waals surface area contributed by atoms with Crippen molar-refractivity contribution in [3.8, 4) is 0 Å². The molecule has 0 atom stereocenters. The number of amides is 1. The van der Waals surface area contributed by atoms with Crippen molar-refractivity contribution in [1.82, 2.24) is 14.5 Å². The molecule has 1 heterocycles. The van der Waals surface area contributed by atoms with Gasteiger partial charge in [-0.3, -0.25) is 4.79 Å². The minimum absolute atomic E-state index is 0.0133. The fourth-order valence-corrected chi connectivity index (χ4v) is 2.16. The zero-order chi connectivity index (χ0) is 12.8. The van der Waals surface area contributed by atoms with E-state index in [1.54, 1.807) is 17.1 Å². The van der Waals surface area contributed by atoms with E-state index in [2.05, 4.69) is 18.8 Å². The topological polar surface area (TPSA) is 38.1 Å². The van der Waals surface area contributed by atoms with Crippen LogP contribution in [0.15, 0.2) is 12.5 Å². The molecule has 0 fully saturated rings. The standard InChI is InChI=1S/C12H20ClN3O/c1-4-10(5-2)16(7-6-13)12(17)11-8-14-9-15(11)3/h8-10H,4-7H2,1-3H3. The van der Waals surface area contributed by atoms with Gasteiger partial charge in [-0.2, -0.15) is 0 Å². The summed E-state index contributed by atoms with van der Waals surface area (Å²) in [5, 5.41) is 0. The average molecular weight is 258 g/mol. The van der Waals surface area contributed by atoms with E-state index in [-0.39, 0.29) is 11.9 Å². The molecule has 0 radical (unpaired) electrons. The van der Waals surface area contributed by atoms with Gasteiger partial charge >= 0.3 is 0 Å². The van der Waals surface area contributed by atoms with Crippen LogP contribution in [-0.2, 0) is 7.05 Å². The van der Waals surface area contributed by atoms with E-state index < -0.39 is 0 Å². The second-order valence-electron chi connectivity index (χ2n) is 4.05. The van der Waals surface area contributed by atoms with E-state index in [1.165, 1.54) is 0 Å². The quantitative estimate of drug-likeness (QED) is 0.734. The van der Waals surface area contributed by atoms with Gasteiger partial charge in [0.05, 0.1) is 12.5 Å². The minimum Gasteiger partial charge on any atom is -0.333 e. The van der Waals surface area contributed by atoms with Crippen LogP contribution >= 0.6 is 11.6 Å². The van der Waals surface area contributed by atoms with E-state index in [9.17, 15) is 4.79 Å². The van der Waals surface area contributed by atoms with Crippen LogP contribution in [0.1, 0.15) is 37.2 Å². The predicted octanol–water partition coefficient (Wildman–Crippen LogP) is 2.29. The molecule has 0 N–H and O–H groups in total. The minimum atomic E-state index is 0.0133. The molecule has 0 aromatic carbocycles. The van der Waals surface area contributed by atoms with Gasteiger partial charge < -0.3 is 9.47 Å². The molecule has 0 bridgehead atoms. The molecular weight excluding hydrogens is 238 g/mol. The first kappa shape index (κ1) is 14.0. The zero-order valence-corrected chi connectivity index (χ0v) is 11.4. The van der Waals surface area contributed by atoms with Gasteiger partial charge in [0.2, 0.25) is 0 Å². The summed E-state index contributed by atoms with van der Waals surface area (Å²) < 4.78 is 1.74. The van der Waals surface area contributed by atoms with Crippen LogP contribution in [0.5, 0.6) is 0 Å². The molecule has 96 valence electrons. The van der Waals surface area contributed by atoms with Gasteiger partial charge in [-0.15, -0.1) is 11.6 Å². The van der Waals surface area contributed by atoms with Crippen LogP contribution in [0, 0.1) is 0 Å². The number of nitrogens with zero attached hydrogens (tertiary/aromatic N) is 3. The number of aryl methyl sites for hydroxylation is 1. The Morgan fingerprint density at radius 1 is 1.53 bits per heavy atom. The highest BCUT2D eigenvalue weighted by Crippen LogP contribution is 2.13. The Hall–Kier alpha value is -1.03. The first-order valence-corrected chi connectivity index (χ1v) is 6.52. The van der Waals surface area contributed by atoms with Crippen molar-refractivity contribution in [2.45, 2.75) is 32.7 Å². The Balaban J connectivity index is 2.91. The summed E-state index contributed by atoms with van der Waals surface area (Å²) in [5.41, 5.74) is 0.613. The molecule has 0 saturated heterocycles. The van der Waals surface area contributed by atoms with Crippen molar-refractivity contribution < 1.29 is 4.79 Å². The highest BCUT2D eigenvalue weighted by Gasteiger charge is 2.23. The van der Waals surface area contributed by atoms with E-state index >= 15 is 0 Å². The van der Waals surface area contributed by atoms with Gasteiger partial charge in [-0.1, -0.05) is 13.8 Å². The SMILES string of the molecule is CCC(CC)N(CCCl)C(=O)c1cncn1C. The van der Waals surface area contributed by atoms with Crippen molar-refractivity contribution in [3.05, 3.63) is 18.2 Å². The Morgan fingerprint density at radius 3 is 2.59 bits per heavy atom. The Bertz CT molecular complexity index is 360. The molecule has 4 nitrogen and oxygen atoms in total. The number of hydrogen-bond donors (Lipinski definition) is 0. The molecule has 0 aliphatic carbocycles. The van der Waals surface area contributed by atoms with E-state index in [1.807, 2.05) is 11.9 Å². The smallest absolute Gasteiger partial charge is 0.272 e. The normalized spacial score (nSPS) is 10.9. The molecule has 0 aliphatic heterocycles. The van der Waals surface area contributed by atoms with Crippen molar-refractivity contribution in [2.75, 3.05) is 12.4 Å². The second-order valence-corrected chi connectivity index (χ2v) is 4.43. The number of halogens is 1. The maximum Gasteiger partial charge on any atom is 0.272 e. The Kier molecular flexibility index (Phi) is 5.48. The zero-order valence-electron chi connectivity index (χ0n) is 10.7. The highest BCUT2D eigenvalue weighted by molar-refractivity contribution is 6.18. The maximum absolute atomic E-state index is 12.4. The third kappa shape index (κ3) is 3.22. The predicted molar refractivity (Wildman–Crippen MR) is 69.3 cm³/mol. The van der Waals surface area contributed by atoms with Crippen LogP contribution in [-0.4, -0.2) is 38.8 Å². The summed E-state index contributed by atoms with van der Waals surface area (Å²) >= 11 is 5.78. The van der Waals surface area contributed by atoms with E-state index in [0.717, 1.165) is 12.8 Å². The van der Waals surface area contributed by atoms with Gasteiger partial charge in [-0.05, 0) is 12.8 Å². The molecule has 0 saturated carbocycles. The monoisotopic (exact) mass is 257 g/mol. The number of hydrogen-bond acceptors (Lipinski definition) is 2. The lowest BCUT2D eigenvalue weighted by Crippen LogP contribution is -2.41. The van der Waals surface area contributed by atoms with Crippen LogP contribution in [0.4, 0.5) is 0 Å². The summed E-state index contributed by atoms with van der Waals surface area (Å²) in [5.74, 6) is 0.472. The van der Waals surface area contributed by atoms with Crippen LogP contribution < -0.4 is 0 Å². The number of imidazole rings is 1. The van der Waals surface area contributed by atoms with E-state index in [0.29, 0.717) is 18.1 Å². The van der Waals surface area contributed by atoms with Crippen molar-refractivity contribution in [2.24, 2.45) is 7.05 Å². The van der Waals surface area contributed by atoms with Crippen molar-refractivity contribution in [1.29, 1.82) is 0 Å². The number of rotatable bonds is 6. The number of alkyl halides is 1. The number of carbonyl (C=O) groups excluding carboxylic acids is 1. The third-order valence-electron chi connectivity index (χ3n) is 3.01. The molecule has 1 aromatic rings. The van der Waals surface area contributed by atoms with Crippen molar-refractivity contribution >= 4 is 17.5 Å². The molecule has 0 spiro atoms. The summed E-state index contributed by atoms with van der Waals surface area (Å²) in [6.45, 7) is 4.76. The number of carbonyl (C=O) groups is 1. The Labute approximate surface area is 108 Å². The van der Waals surface area contributed by atoms with Gasteiger partial charge in [0.15, 0.2) is 0 Å². The fraction of sp³-hybridized carbons (Fsp3) is 0.667. The molecule has 1 rings (SSSR count). The largest absolute Gasteiger partial charge is 0.333 e. The van der Waals surface area contributed by atoms with Crippen LogP contribution in [0.3, 0.4) is 0 Å². The van der Waals surface area contributed by atoms with Crippen LogP contribution in [0.25, 0.3) is 0 Å². The van der Waals surface area contributed by atoms with Gasteiger partial charge in [0.1, 0.15) is 5.69 Å². The summed E-state index contributed by atoms with van der Waals surface area (Å²) in [4.78, 5) is 18.2. The fourth-order valence-electron chi connectivity index (χ4n) is 1.98. The first-order chi connectivity index (χ1) is 8.15. The molecule has 1 amide bonds. The van der Waals surface area contributed by atoms with Gasteiger partial charge in [0, 0.05) is 25.5 Å². The molecule has 0 unspecified atom stereocenters. The first-order valence-electron chi connectivity index (χ1n) is 5.98.